The van der Waals surface area contributed by atoms with E-state index in [0.29, 0.717) is 3.63 Å². The molecule has 0 spiro atoms. The maximum absolute atomic E-state index is 2.54. The van der Waals surface area contributed by atoms with Gasteiger partial charge in [0.25, 0.3) is 0 Å². The van der Waals surface area contributed by atoms with Crippen molar-refractivity contribution in [3.8, 4) is 11.1 Å². The maximum atomic E-state index is 2.54. The molecule has 1 saturated heterocycles. The van der Waals surface area contributed by atoms with Gasteiger partial charge in [-0.05, 0) is 0 Å². The van der Waals surface area contributed by atoms with Gasteiger partial charge in [0.2, 0.25) is 0 Å². The largest absolute Gasteiger partial charge is 1.00 e. The monoisotopic (exact) mass is 482 g/mol. The molecule has 3 aromatic carbocycles. The first kappa shape index (κ1) is 20.1. The Hall–Kier alpha value is -1.14. The van der Waals surface area contributed by atoms with Gasteiger partial charge in [0, 0.05) is 0 Å². The summed E-state index contributed by atoms with van der Waals surface area (Å²) >= 11 is -2.44. The smallest absolute Gasteiger partial charge is 1.00 e. The Bertz CT molecular complexity index is 1130. The van der Waals surface area contributed by atoms with Crippen molar-refractivity contribution in [2.45, 2.75) is 24.7 Å². The van der Waals surface area contributed by atoms with Crippen LogP contribution < -0.4 is 24.8 Å². The topological polar surface area (TPSA) is 0 Å². The molecule has 0 bridgehead atoms. The summed E-state index contributed by atoms with van der Waals surface area (Å²) in [6.07, 6.45) is 8.40. The number of rotatable bonds is 2. The Kier molecular flexibility index (Phi) is 5.24. The Morgan fingerprint density at radius 3 is 2.36 bits per heavy atom. The van der Waals surface area contributed by atoms with Crippen molar-refractivity contribution in [1.29, 1.82) is 0 Å². The Labute approximate surface area is 184 Å². The number of hydrogen-bond acceptors (Lipinski definition) is 0. The predicted octanol–water partition coefficient (Wildman–Crippen LogP) is 1.16. The summed E-state index contributed by atoms with van der Waals surface area (Å²) in [7, 11) is 0. The first-order valence-electron chi connectivity index (χ1n) is 9.78. The second kappa shape index (κ2) is 7.28. The van der Waals surface area contributed by atoms with E-state index in [2.05, 4.69) is 85.8 Å². The van der Waals surface area contributed by atoms with Gasteiger partial charge in [-0.25, -0.2) is 0 Å². The number of fused-ring (bicyclic) bond motifs is 5. The molecule has 1 fully saturated rings. The molecule has 3 unspecified atom stereocenters. The van der Waals surface area contributed by atoms with Gasteiger partial charge in [-0.15, -0.1) is 0 Å². The third-order valence-electron chi connectivity index (χ3n) is 7.07. The summed E-state index contributed by atoms with van der Waals surface area (Å²) in [4.78, 5) is 0. The van der Waals surface area contributed by atoms with Crippen molar-refractivity contribution >= 4 is 10.8 Å². The SMILES string of the molecule is C[CH]1[CH2][Zr+2]1([C]1=CC=CC1)[CH]1c2ccccc2-c2ccc3ccccc3c21.[Cl-].[Cl-]. The van der Waals surface area contributed by atoms with E-state index in [1.165, 1.54) is 32.4 Å². The van der Waals surface area contributed by atoms with Gasteiger partial charge in [-0.2, -0.15) is 0 Å². The minimum Gasteiger partial charge on any atom is -1.00 e. The molecule has 0 amide bonds. The Morgan fingerprint density at radius 1 is 0.857 bits per heavy atom. The van der Waals surface area contributed by atoms with Crippen LogP contribution in [-0.2, 0) is 20.3 Å². The van der Waals surface area contributed by atoms with E-state index < -0.39 is 20.3 Å². The van der Waals surface area contributed by atoms with Crippen LogP contribution in [-0.4, -0.2) is 0 Å². The predicted molar refractivity (Wildman–Crippen MR) is 107 cm³/mol. The van der Waals surface area contributed by atoms with Gasteiger partial charge in [0.1, 0.15) is 0 Å². The zero-order valence-electron chi connectivity index (χ0n) is 15.8. The normalized spacial score (nSPS) is 23.8. The van der Waals surface area contributed by atoms with Gasteiger partial charge < -0.3 is 24.8 Å². The summed E-state index contributed by atoms with van der Waals surface area (Å²) in [6.45, 7) is 2.54. The van der Waals surface area contributed by atoms with Crippen molar-refractivity contribution in [2.24, 2.45) is 0 Å². The van der Waals surface area contributed by atoms with Crippen molar-refractivity contribution in [3.63, 3.8) is 0 Å². The van der Waals surface area contributed by atoms with Crippen LogP contribution in [0.4, 0.5) is 0 Å². The number of allylic oxidation sites excluding steroid dienone is 4. The first-order valence-corrected chi connectivity index (χ1v) is 15.6. The number of benzene rings is 3. The van der Waals surface area contributed by atoms with Gasteiger partial charge in [-0.1, -0.05) is 0 Å². The summed E-state index contributed by atoms with van der Waals surface area (Å²) in [5.41, 5.74) is 6.30. The molecule has 3 atom stereocenters. The summed E-state index contributed by atoms with van der Waals surface area (Å²) in [6, 6.07) is 23.0. The van der Waals surface area contributed by atoms with E-state index >= 15 is 0 Å². The van der Waals surface area contributed by atoms with Crippen molar-refractivity contribution < 1.29 is 45.1 Å². The summed E-state index contributed by atoms with van der Waals surface area (Å²) in [5.74, 6) is 0. The van der Waals surface area contributed by atoms with Crippen molar-refractivity contribution in [3.05, 3.63) is 93.3 Å². The molecule has 0 nitrogen and oxygen atoms in total. The Balaban J connectivity index is 0.000000961. The molecule has 3 aliphatic rings. The molecule has 0 N–H and O–H groups in total. The molecule has 1 aliphatic heterocycles. The average molecular weight is 485 g/mol. The zero-order valence-corrected chi connectivity index (χ0v) is 19.8. The third-order valence-corrected chi connectivity index (χ3v) is 21.6. The second-order valence-corrected chi connectivity index (χ2v) is 19.8. The molecule has 3 heteroatoms. The first-order chi connectivity index (χ1) is 12.8. The molecule has 1 heterocycles. The fraction of sp³-hybridized carbons (Fsp3) is 0.200. The minimum absolute atomic E-state index is 0. The molecule has 0 saturated carbocycles. The van der Waals surface area contributed by atoms with E-state index in [0.717, 1.165) is 3.63 Å². The zero-order chi connectivity index (χ0) is 17.3. The van der Waals surface area contributed by atoms with E-state index in [9.17, 15) is 0 Å². The molecule has 0 radical (unpaired) electrons. The number of halogens is 2. The van der Waals surface area contributed by atoms with Crippen LogP contribution >= 0.6 is 0 Å². The van der Waals surface area contributed by atoms with Crippen LogP contribution in [0.1, 0.15) is 28.1 Å². The Morgan fingerprint density at radius 2 is 1.61 bits per heavy atom. The second-order valence-electron chi connectivity index (χ2n) is 8.24. The van der Waals surface area contributed by atoms with Crippen LogP contribution in [0.5, 0.6) is 0 Å². The number of hydrogen-bond donors (Lipinski definition) is 0. The standard InChI is InChI=1S/C17H11.C5H5.C3H6.2ClH.Zr/c1-3-7-14-12(5-1)9-10-16-15-8-4-2-6-13(15)11-17(14)16;1-2-4-5-3-1;1-3-2;;;/h1-11H;1-3H,4H2;3H,1H2,2H3;2*1H;/q;;;;;+2/p-2. The van der Waals surface area contributed by atoms with Gasteiger partial charge in [0.05, 0.1) is 0 Å². The van der Waals surface area contributed by atoms with Gasteiger partial charge >= 0.3 is 160 Å². The summed E-state index contributed by atoms with van der Waals surface area (Å²) < 4.78 is 5.03. The third kappa shape index (κ3) is 2.60. The quantitative estimate of drug-likeness (QED) is 0.512. The van der Waals surface area contributed by atoms with Crippen LogP contribution in [0.25, 0.3) is 21.9 Å². The molecule has 6 rings (SSSR count). The fourth-order valence-electron chi connectivity index (χ4n) is 5.80. The molecular weight excluding hydrogens is 462 g/mol. The molecule has 0 aromatic heterocycles. The van der Waals surface area contributed by atoms with E-state index in [-0.39, 0.29) is 24.8 Å². The van der Waals surface area contributed by atoms with Crippen LogP contribution in [0.2, 0.25) is 7.75 Å². The molecule has 28 heavy (non-hydrogen) atoms. The van der Waals surface area contributed by atoms with E-state index in [4.69, 9.17) is 0 Å². The molecule has 140 valence electrons. The van der Waals surface area contributed by atoms with Crippen LogP contribution in [0.3, 0.4) is 0 Å². The average Bonchev–Trinajstić information content (AvgIpc) is 3.08. The fourth-order valence-corrected chi connectivity index (χ4v) is 22.5. The van der Waals surface area contributed by atoms with Crippen LogP contribution in [0.15, 0.2) is 82.2 Å². The van der Waals surface area contributed by atoms with E-state index in [1.807, 2.05) is 3.28 Å². The summed E-state index contributed by atoms with van der Waals surface area (Å²) in [5, 5.41) is 2.89. The molecule has 3 aromatic rings. The van der Waals surface area contributed by atoms with E-state index in [1.54, 1.807) is 11.1 Å². The van der Waals surface area contributed by atoms with Gasteiger partial charge in [0.15, 0.2) is 0 Å². The van der Waals surface area contributed by atoms with Gasteiger partial charge in [-0.3, -0.25) is 0 Å². The molecule has 2 aliphatic carbocycles. The molecular formula is C25H22Cl2Zr. The van der Waals surface area contributed by atoms with Crippen molar-refractivity contribution in [1.82, 2.24) is 0 Å². The van der Waals surface area contributed by atoms with Crippen LogP contribution in [0, 0.1) is 0 Å². The minimum atomic E-state index is -2.44. The maximum Gasteiger partial charge on any atom is -1.00 e. The van der Waals surface area contributed by atoms with Crippen molar-refractivity contribution in [2.75, 3.05) is 0 Å².